The predicted molar refractivity (Wildman–Crippen MR) is 117 cm³/mol. The fraction of sp³-hybridized carbons (Fsp3) is 0.458. The Hall–Kier alpha value is -1.61. The molecule has 0 aliphatic carbocycles. The second-order valence-corrected chi connectivity index (χ2v) is 10.4. The zero-order chi connectivity index (χ0) is 20.4. The van der Waals surface area contributed by atoms with Crippen molar-refractivity contribution in [1.29, 1.82) is 0 Å². The lowest BCUT2D eigenvalue weighted by Gasteiger charge is -2.30. The van der Waals surface area contributed by atoms with E-state index in [2.05, 4.69) is 76.5 Å². The van der Waals surface area contributed by atoms with E-state index in [0.717, 1.165) is 16.7 Å². The first-order chi connectivity index (χ1) is 12.4. The van der Waals surface area contributed by atoms with Crippen molar-refractivity contribution in [3.8, 4) is 5.75 Å². The lowest BCUT2D eigenvalue weighted by molar-refractivity contribution is -0.133. The molecule has 0 amide bonds. The molecule has 1 atom stereocenters. The van der Waals surface area contributed by atoms with Gasteiger partial charge in [0.15, 0.2) is 0 Å². The van der Waals surface area contributed by atoms with Crippen molar-refractivity contribution in [2.45, 2.75) is 70.5 Å². The first-order valence-electron chi connectivity index (χ1n) is 9.45. The van der Waals surface area contributed by atoms with Crippen molar-refractivity contribution < 1.29 is 9.53 Å². The normalized spacial score (nSPS) is 13.3. The molecule has 3 heteroatoms. The molecule has 0 fully saturated rings. The van der Waals surface area contributed by atoms with Crippen molar-refractivity contribution >= 4 is 21.9 Å². The van der Waals surface area contributed by atoms with Gasteiger partial charge in [0.25, 0.3) is 0 Å². The van der Waals surface area contributed by atoms with Crippen LogP contribution in [0.1, 0.15) is 63.8 Å². The topological polar surface area (TPSA) is 26.3 Å². The highest BCUT2D eigenvalue weighted by atomic mass is 79.9. The lowest BCUT2D eigenvalue weighted by Crippen LogP contribution is -2.27. The Morgan fingerprint density at radius 2 is 1.44 bits per heavy atom. The number of alkyl halides is 1. The van der Waals surface area contributed by atoms with Crippen LogP contribution in [0.3, 0.4) is 0 Å². The van der Waals surface area contributed by atoms with E-state index in [1.807, 2.05) is 30.3 Å². The Morgan fingerprint density at radius 3 is 1.89 bits per heavy atom. The zero-order valence-corrected chi connectivity index (χ0v) is 19.1. The van der Waals surface area contributed by atoms with Crippen LogP contribution in [-0.4, -0.2) is 10.8 Å². The van der Waals surface area contributed by atoms with Crippen LogP contribution in [0.15, 0.2) is 42.5 Å². The van der Waals surface area contributed by atoms with Gasteiger partial charge in [-0.15, -0.1) is 0 Å². The molecule has 0 N–H and O–H groups in total. The fourth-order valence-electron chi connectivity index (χ4n) is 3.07. The molecule has 0 aliphatic heterocycles. The number of aryl methyl sites for hydroxylation is 1. The highest BCUT2D eigenvalue weighted by Gasteiger charge is 2.30. The highest BCUT2D eigenvalue weighted by Crippen LogP contribution is 2.41. The number of rotatable bonds is 4. The van der Waals surface area contributed by atoms with E-state index < -0.39 is 0 Å². The van der Waals surface area contributed by atoms with E-state index >= 15 is 0 Å². The number of hydrogen-bond acceptors (Lipinski definition) is 2. The largest absolute Gasteiger partial charge is 0.425 e. The van der Waals surface area contributed by atoms with Crippen LogP contribution in [0.4, 0.5) is 0 Å². The number of esters is 1. The Bertz CT molecular complexity index is 760. The number of halogens is 1. The molecule has 0 heterocycles. The van der Waals surface area contributed by atoms with E-state index in [-0.39, 0.29) is 21.6 Å². The Kier molecular flexibility index (Phi) is 6.57. The Morgan fingerprint density at radius 1 is 0.963 bits per heavy atom. The van der Waals surface area contributed by atoms with Gasteiger partial charge < -0.3 is 4.74 Å². The molecule has 27 heavy (non-hydrogen) atoms. The second kappa shape index (κ2) is 8.18. The molecule has 0 spiro atoms. The van der Waals surface area contributed by atoms with Crippen LogP contribution in [0.25, 0.3) is 0 Å². The van der Waals surface area contributed by atoms with Gasteiger partial charge >= 0.3 is 5.97 Å². The summed E-state index contributed by atoms with van der Waals surface area (Å²) in [5.41, 5.74) is 4.18. The smallest absolute Gasteiger partial charge is 0.325 e. The molecular weight excluding hydrogens is 400 g/mol. The van der Waals surface area contributed by atoms with Crippen molar-refractivity contribution in [3.63, 3.8) is 0 Å². The third-order valence-electron chi connectivity index (χ3n) is 4.57. The summed E-state index contributed by atoms with van der Waals surface area (Å²) < 4.78 is 6.03. The summed E-state index contributed by atoms with van der Waals surface area (Å²) >= 11 is 3.53. The minimum Gasteiger partial charge on any atom is -0.425 e. The van der Waals surface area contributed by atoms with Gasteiger partial charge in [0, 0.05) is 11.1 Å². The van der Waals surface area contributed by atoms with Crippen molar-refractivity contribution in [2.24, 2.45) is 0 Å². The summed E-state index contributed by atoms with van der Waals surface area (Å²) in [5, 5.41) is 0. The van der Waals surface area contributed by atoms with E-state index in [4.69, 9.17) is 4.74 Å². The van der Waals surface area contributed by atoms with Crippen LogP contribution in [0.5, 0.6) is 5.75 Å². The van der Waals surface area contributed by atoms with Crippen LogP contribution in [-0.2, 0) is 22.0 Å². The molecule has 2 rings (SSSR count). The molecule has 1 unspecified atom stereocenters. The number of ether oxygens (including phenoxy) is 1. The standard InChI is InChI=1S/C24H31BrO2/c1-16-13-18(23(2,3)4)21(19(14-16)24(5,6)7)27-22(26)20(25)15-17-11-9-8-10-12-17/h8-14,20H,15H2,1-7H3. The number of carbonyl (C=O) groups excluding carboxylic acids is 1. The molecule has 146 valence electrons. The van der Waals surface area contributed by atoms with Crippen LogP contribution < -0.4 is 4.74 Å². The molecule has 0 aromatic heterocycles. The Labute approximate surface area is 172 Å². The summed E-state index contributed by atoms with van der Waals surface area (Å²) in [4.78, 5) is 12.5. The second-order valence-electron chi connectivity index (χ2n) is 9.27. The summed E-state index contributed by atoms with van der Waals surface area (Å²) in [7, 11) is 0. The first-order valence-corrected chi connectivity index (χ1v) is 10.4. The van der Waals surface area contributed by atoms with Crippen molar-refractivity contribution in [3.05, 3.63) is 64.7 Å². The lowest BCUT2D eigenvalue weighted by atomic mass is 9.78. The minimum atomic E-state index is -0.387. The average Bonchev–Trinajstić information content (AvgIpc) is 2.55. The van der Waals surface area contributed by atoms with E-state index in [1.54, 1.807) is 0 Å². The third kappa shape index (κ3) is 5.68. The number of benzene rings is 2. The zero-order valence-electron chi connectivity index (χ0n) is 17.5. The van der Waals surface area contributed by atoms with E-state index in [9.17, 15) is 4.79 Å². The predicted octanol–water partition coefficient (Wildman–Crippen LogP) is 6.50. The molecule has 0 bridgehead atoms. The molecule has 2 aromatic carbocycles. The van der Waals surface area contributed by atoms with E-state index in [1.165, 1.54) is 5.56 Å². The summed E-state index contributed by atoms with van der Waals surface area (Å²) in [6.45, 7) is 15.0. The van der Waals surface area contributed by atoms with Gasteiger partial charge in [-0.05, 0) is 29.7 Å². The maximum Gasteiger partial charge on any atom is 0.325 e. The number of carbonyl (C=O) groups is 1. The monoisotopic (exact) mass is 430 g/mol. The molecule has 2 nitrogen and oxygen atoms in total. The van der Waals surface area contributed by atoms with Crippen LogP contribution in [0, 0.1) is 6.92 Å². The highest BCUT2D eigenvalue weighted by molar-refractivity contribution is 9.10. The van der Waals surface area contributed by atoms with Crippen LogP contribution in [0.2, 0.25) is 0 Å². The third-order valence-corrected chi connectivity index (χ3v) is 5.26. The van der Waals surface area contributed by atoms with Crippen molar-refractivity contribution in [1.82, 2.24) is 0 Å². The molecule has 2 aromatic rings. The average molecular weight is 431 g/mol. The SMILES string of the molecule is Cc1cc(C(C)(C)C)c(OC(=O)C(Br)Cc2ccccc2)c(C(C)(C)C)c1. The molecule has 0 radical (unpaired) electrons. The van der Waals surface area contributed by atoms with Gasteiger partial charge in [0.05, 0.1) is 0 Å². The van der Waals surface area contributed by atoms with Gasteiger partial charge in [-0.25, -0.2) is 0 Å². The number of hydrogen-bond donors (Lipinski definition) is 0. The minimum absolute atomic E-state index is 0.122. The summed E-state index contributed by atoms with van der Waals surface area (Å²) in [6.07, 6.45) is 0.598. The molecule has 0 saturated heterocycles. The first kappa shape index (κ1) is 21.7. The van der Waals surface area contributed by atoms with Gasteiger partial charge in [0.2, 0.25) is 0 Å². The van der Waals surface area contributed by atoms with Crippen LogP contribution >= 0.6 is 15.9 Å². The van der Waals surface area contributed by atoms with Gasteiger partial charge in [-0.2, -0.15) is 0 Å². The maximum atomic E-state index is 12.9. The Balaban J connectivity index is 2.40. The summed E-state index contributed by atoms with van der Waals surface area (Å²) in [5.74, 6) is 0.460. The maximum absolute atomic E-state index is 12.9. The van der Waals surface area contributed by atoms with E-state index in [0.29, 0.717) is 12.2 Å². The van der Waals surface area contributed by atoms with Gasteiger partial charge in [-0.1, -0.05) is 106 Å². The summed E-state index contributed by atoms with van der Waals surface area (Å²) in [6, 6.07) is 14.3. The fourth-order valence-corrected chi connectivity index (χ4v) is 3.53. The molecule has 0 saturated carbocycles. The molecule has 0 aliphatic rings. The quantitative estimate of drug-likeness (QED) is 0.314. The van der Waals surface area contributed by atoms with Gasteiger partial charge in [-0.3, -0.25) is 4.79 Å². The van der Waals surface area contributed by atoms with Gasteiger partial charge in [0.1, 0.15) is 10.6 Å². The molecular formula is C24H31BrO2. The van der Waals surface area contributed by atoms with Crippen molar-refractivity contribution in [2.75, 3.05) is 0 Å².